The van der Waals surface area contributed by atoms with Crippen molar-refractivity contribution >= 4 is 17.5 Å². The van der Waals surface area contributed by atoms with Crippen LogP contribution in [-0.2, 0) is 9.53 Å². The lowest BCUT2D eigenvalue weighted by molar-refractivity contribution is -0.136. The molecule has 1 aliphatic heterocycles. The molecule has 1 aliphatic rings. The lowest BCUT2D eigenvalue weighted by Crippen LogP contribution is -2.48. The number of rotatable bonds is 5. The normalized spacial score (nSPS) is 14.4. The van der Waals surface area contributed by atoms with Crippen molar-refractivity contribution in [3.8, 4) is 0 Å². The topological polar surface area (TPSA) is 63.7 Å². The summed E-state index contributed by atoms with van der Waals surface area (Å²) in [7, 11) is 0. The van der Waals surface area contributed by atoms with Gasteiger partial charge in [0, 0.05) is 24.2 Å². The summed E-state index contributed by atoms with van der Waals surface area (Å²) in [5.41, 5.74) is 0.719. The molecule has 1 saturated heterocycles. The molecule has 0 N–H and O–H groups in total. The minimum Gasteiger partial charge on any atom is -0.378 e. The zero-order chi connectivity index (χ0) is 17.6. The fourth-order valence-electron chi connectivity index (χ4n) is 2.85. The highest BCUT2D eigenvalue weighted by Gasteiger charge is 2.38. The lowest BCUT2D eigenvalue weighted by atomic mass is 9.88. The van der Waals surface area contributed by atoms with Crippen molar-refractivity contribution in [2.24, 2.45) is 5.92 Å². The van der Waals surface area contributed by atoms with Crippen LogP contribution in [0.25, 0.3) is 0 Å². The number of carbonyl (C=O) groups excluding carboxylic acids is 3. The summed E-state index contributed by atoms with van der Waals surface area (Å²) in [6, 6.07) is 16.9. The molecule has 3 rings (SSSR count). The van der Waals surface area contributed by atoms with Crippen LogP contribution in [0.1, 0.15) is 20.7 Å². The smallest absolute Gasteiger partial charge is 0.241 e. The van der Waals surface area contributed by atoms with E-state index in [1.165, 1.54) is 4.90 Å². The first-order chi connectivity index (χ1) is 12.2. The predicted octanol–water partition coefficient (Wildman–Crippen LogP) is 2.23. The maximum Gasteiger partial charge on any atom is 0.241 e. The largest absolute Gasteiger partial charge is 0.378 e. The van der Waals surface area contributed by atoms with Crippen LogP contribution < -0.4 is 0 Å². The molecular weight excluding hydrogens is 318 g/mol. The van der Waals surface area contributed by atoms with Crippen LogP contribution in [0.15, 0.2) is 60.7 Å². The van der Waals surface area contributed by atoms with E-state index in [0.717, 1.165) is 0 Å². The van der Waals surface area contributed by atoms with Crippen LogP contribution in [0, 0.1) is 5.92 Å². The Hall–Kier alpha value is -2.79. The number of nitrogens with zero attached hydrogens (tertiary/aromatic N) is 1. The molecule has 1 amide bonds. The Kier molecular flexibility index (Phi) is 5.36. The van der Waals surface area contributed by atoms with Gasteiger partial charge in [0.2, 0.25) is 5.91 Å². The molecule has 0 radical (unpaired) electrons. The van der Waals surface area contributed by atoms with Crippen molar-refractivity contribution < 1.29 is 19.1 Å². The molecule has 1 fully saturated rings. The Bertz CT molecular complexity index is 700. The average molecular weight is 337 g/mol. The molecule has 25 heavy (non-hydrogen) atoms. The van der Waals surface area contributed by atoms with Gasteiger partial charge in [-0.1, -0.05) is 60.7 Å². The Labute approximate surface area is 146 Å². The van der Waals surface area contributed by atoms with Crippen molar-refractivity contribution in [2.75, 3.05) is 26.3 Å². The van der Waals surface area contributed by atoms with Crippen LogP contribution in [0.4, 0.5) is 0 Å². The number of morpholine rings is 1. The Morgan fingerprint density at radius 3 is 1.64 bits per heavy atom. The summed E-state index contributed by atoms with van der Waals surface area (Å²) in [6.45, 7) is 1.61. The molecule has 5 nitrogen and oxygen atoms in total. The maximum absolute atomic E-state index is 13.0. The van der Waals surface area contributed by atoms with E-state index in [1.807, 2.05) is 0 Å². The summed E-state index contributed by atoms with van der Waals surface area (Å²) < 4.78 is 5.26. The molecule has 5 heteroatoms. The van der Waals surface area contributed by atoms with Crippen LogP contribution >= 0.6 is 0 Å². The third kappa shape index (κ3) is 3.83. The van der Waals surface area contributed by atoms with Crippen molar-refractivity contribution in [1.82, 2.24) is 4.90 Å². The second-order valence-corrected chi connectivity index (χ2v) is 5.83. The number of amides is 1. The van der Waals surface area contributed by atoms with E-state index < -0.39 is 23.4 Å². The molecule has 2 aromatic rings. The highest BCUT2D eigenvalue weighted by Crippen LogP contribution is 2.19. The Morgan fingerprint density at radius 1 is 0.760 bits per heavy atom. The molecule has 2 aromatic carbocycles. The van der Waals surface area contributed by atoms with Crippen LogP contribution in [0.3, 0.4) is 0 Å². The quantitative estimate of drug-likeness (QED) is 0.620. The van der Waals surface area contributed by atoms with Crippen molar-refractivity contribution in [3.63, 3.8) is 0 Å². The van der Waals surface area contributed by atoms with Crippen molar-refractivity contribution in [3.05, 3.63) is 71.8 Å². The molecule has 0 spiro atoms. The predicted molar refractivity (Wildman–Crippen MR) is 92.4 cm³/mol. The van der Waals surface area contributed by atoms with Gasteiger partial charge in [0.05, 0.1) is 13.2 Å². The average Bonchev–Trinajstić information content (AvgIpc) is 2.70. The van der Waals surface area contributed by atoms with E-state index >= 15 is 0 Å². The second-order valence-electron chi connectivity index (χ2n) is 5.83. The van der Waals surface area contributed by atoms with Gasteiger partial charge in [-0.2, -0.15) is 0 Å². The summed E-state index contributed by atoms with van der Waals surface area (Å²) in [6.07, 6.45) is 0. The molecule has 0 unspecified atom stereocenters. The zero-order valence-corrected chi connectivity index (χ0v) is 13.8. The first-order valence-corrected chi connectivity index (χ1v) is 8.23. The number of ketones is 2. The van der Waals surface area contributed by atoms with E-state index in [9.17, 15) is 14.4 Å². The molecule has 0 aromatic heterocycles. The molecule has 1 heterocycles. The molecule has 0 aliphatic carbocycles. The van der Waals surface area contributed by atoms with Crippen molar-refractivity contribution in [1.29, 1.82) is 0 Å². The van der Waals surface area contributed by atoms with Gasteiger partial charge in [-0.15, -0.1) is 0 Å². The van der Waals surface area contributed by atoms with Crippen molar-refractivity contribution in [2.45, 2.75) is 0 Å². The SMILES string of the molecule is O=C(c1ccccc1)C(C(=O)c1ccccc1)C(=O)N1CCOCC1. The van der Waals surface area contributed by atoms with E-state index in [2.05, 4.69) is 0 Å². The summed E-state index contributed by atoms with van der Waals surface area (Å²) in [4.78, 5) is 40.4. The number of hydrogen-bond acceptors (Lipinski definition) is 4. The monoisotopic (exact) mass is 337 g/mol. The van der Waals surface area contributed by atoms with Gasteiger partial charge in [0.25, 0.3) is 0 Å². The Morgan fingerprint density at radius 2 is 1.20 bits per heavy atom. The van der Waals surface area contributed by atoms with Gasteiger partial charge in [-0.3, -0.25) is 14.4 Å². The highest BCUT2D eigenvalue weighted by molar-refractivity contribution is 6.27. The molecular formula is C20H19NO4. The number of Topliss-reactive ketones (excluding diaryl/α,β-unsaturated/α-hetero) is 2. The molecule has 0 atom stereocenters. The van der Waals surface area contributed by atoms with E-state index in [4.69, 9.17) is 4.74 Å². The third-order valence-electron chi connectivity index (χ3n) is 4.21. The zero-order valence-electron chi connectivity index (χ0n) is 13.8. The summed E-state index contributed by atoms with van der Waals surface area (Å²) in [5, 5.41) is 0. The second kappa shape index (κ2) is 7.85. The van der Waals surface area contributed by atoms with Gasteiger partial charge < -0.3 is 9.64 Å². The number of hydrogen-bond donors (Lipinski definition) is 0. The van der Waals surface area contributed by atoms with E-state index in [-0.39, 0.29) is 0 Å². The van der Waals surface area contributed by atoms with Gasteiger partial charge >= 0.3 is 0 Å². The summed E-state index contributed by atoms with van der Waals surface area (Å²) >= 11 is 0. The molecule has 128 valence electrons. The number of benzene rings is 2. The lowest BCUT2D eigenvalue weighted by Gasteiger charge is -2.29. The standard InChI is InChI=1S/C20H19NO4/c22-18(15-7-3-1-4-8-15)17(19(23)16-9-5-2-6-10-16)20(24)21-11-13-25-14-12-21/h1-10,17H,11-14H2. The molecule has 0 saturated carbocycles. The summed E-state index contributed by atoms with van der Waals surface area (Å²) in [5.74, 6) is -2.74. The highest BCUT2D eigenvalue weighted by atomic mass is 16.5. The first kappa shape index (κ1) is 17.0. The van der Waals surface area contributed by atoms with Gasteiger partial charge in [-0.25, -0.2) is 0 Å². The van der Waals surface area contributed by atoms with Gasteiger partial charge in [0.1, 0.15) is 0 Å². The Balaban J connectivity index is 1.94. The van der Waals surface area contributed by atoms with E-state index in [0.29, 0.717) is 37.4 Å². The fraction of sp³-hybridized carbons (Fsp3) is 0.250. The minimum atomic E-state index is -1.36. The third-order valence-corrected chi connectivity index (χ3v) is 4.21. The van der Waals surface area contributed by atoms with Crippen LogP contribution in [-0.4, -0.2) is 48.7 Å². The van der Waals surface area contributed by atoms with Crippen LogP contribution in [0.5, 0.6) is 0 Å². The number of carbonyl (C=O) groups is 3. The first-order valence-electron chi connectivity index (χ1n) is 8.23. The fourth-order valence-corrected chi connectivity index (χ4v) is 2.85. The molecule has 0 bridgehead atoms. The number of ether oxygens (including phenoxy) is 1. The van der Waals surface area contributed by atoms with E-state index in [1.54, 1.807) is 60.7 Å². The van der Waals surface area contributed by atoms with Gasteiger partial charge in [-0.05, 0) is 0 Å². The maximum atomic E-state index is 13.0. The van der Waals surface area contributed by atoms with Gasteiger partial charge in [0.15, 0.2) is 17.5 Å². The minimum absolute atomic E-state index is 0.360. The van der Waals surface area contributed by atoms with Crippen LogP contribution in [0.2, 0.25) is 0 Å².